The molecule has 1 rings (SSSR count). The molecule has 0 unspecified atom stereocenters. The minimum absolute atomic E-state index is 0.0605. The van der Waals surface area contributed by atoms with Crippen molar-refractivity contribution in [1.82, 2.24) is 0 Å². The van der Waals surface area contributed by atoms with Gasteiger partial charge in [-0.2, -0.15) is 8.42 Å². The quantitative estimate of drug-likeness (QED) is 0.242. The largest absolute Gasteiger partial charge is 0.379 e. The number of hydrogen-bond acceptors (Lipinski definition) is 4. The van der Waals surface area contributed by atoms with Gasteiger partial charge in [-0.3, -0.25) is 4.18 Å². The van der Waals surface area contributed by atoms with Gasteiger partial charge in [0, 0.05) is 6.61 Å². The second-order valence-corrected chi connectivity index (χ2v) is 7.00. The van der Waals surface area contributed by atoms with Crippen LogP contribution < -0.4 is 0 Å². The highest BCUT2D eigenvalue weighted by atomic mass is 127. The molecular formula is C14H21IO4S. The molecule has 0 atom stereocenters. The van der Waals surface area contributed by atoms with Crippen LogP contribution in [0.4, 0.5) is 0 Å². The summed E-state index contributed by atoms with van der Waals surface area (Å²) in [7, 11) is -3.65. The molecular weight excluding hydrogens is 391 g/mol. The van der Waals surface area contributed by atoms with Crippen molar-refractivity contribution in [2.75, 3.05) is 24.2 Å². The summed E-state index contributed by atoms with van der Waals surface area (Å²) in [6.45, 7) is 1.03. The zero-order chi connectivity index (χ0) is 14.7. The van der Waals surface area contributed by atoms with Gasteiger partial charge in [-0.1, -0.05) is 53.6 Å². The molecule has 0 saturated carbocycles. The summed E-state index contributed by atoms with van der Waals surface area (Å²) in [5.74, 6) is 0. The smallest absolute Gasteiger partial charge is 0.297 e. The molecule has 0 saturated heterocycles. The summed E-state index contributed by atoms with van der Waals surface area (Å²) < 4.78 is 35.0. The number of unbranched alkanes of at least 4 members (excludes halogenated alkanes) is 3. The predicted octanol–water partition coefficient (Wildman–Crippen LogP) is 3.40. The van der Waals surface area contributed by atoms with Crippen molar-refractivity contribution in [3.05, 3.63) is 30.3 Å². The summed E-state index contributed by atoms with van der Waals surface area (Å²) in [6, 6.07) is 8.14. The maximum absolute atomic E-state index is 11.8. The summed E-state index contributed by atoms with van der Waals surface area (Å²) in [5, 5.41) is 0. The van der Waals surface area contributed by atoms with Gasteiger partial charge in [-0.15, -0.1) is 0 Å². The van der Waals surface area contributed by atoms with Crippen LogP contribution in [0.1, 0.15) is 25.7 Å². The number of ether oxygens (including phenoxy) is 1. The predicted molar refractivity (Wildman–Crippen MR) is 87.8 cm³/mol. The van der Waals surface area contributed by atoms with E-state index >= 15 is 0 Å². The van der Waals surface area contributed by atoms with Gasteiger partial charge in [0.05, 0.1) is 18.1 Å². The molecule has 0 spiro atoms. The average Bonchev–Trinajstić information content (AvgIpc) is 2.46. The minimum Gasteiger partial charge on any atom is -0.379 e. The Morgan fingerprint density at radius 2 is 1.60 bits per heavy atom. The van der Waals surface area contributed by atoms with Crippen LogP contribution in [0, 0.1) is 0 Å². The highest BCUT2D eigenvalue weighted by molar-refractivity contribution is 14.1. The Morgan fingerprint density at radius 3 is 2.30 bits per heavy atom. The summed E-state index contributed by atoms with van der Waals surface area (Å²) >= 11 is 2.37. The molecule has 0 aliphatic carbocycles. The van der Waals surface area contributed by atoms with E-state index in [2.05, 4.69) is 22.6 Å². The van der Waals surface area contributed by atoms with Crippen molar-refractivity contribution in [2.45, 2.75) is 30.6 Å². The lowest BCUT2D eigenvalue weighted by Crippen LogP contribution is -2.12. The van der Waals surface area contributed by atoms with Gasteiger partial charge in [-0.25, -0.2) is 0 Å². The monoisotopic (exact) mass is 412 g/mol. The fourth-order valence-electron chi connectivity index (χ4n) is 1.61. The van der Waals surface area contributed by atoms with Crippen LogP contribution in [-0.2, 0) is 19.0 Å². The fraction of sp³-hybridized carbons (Fsp3) is 0.571. The Hall–Kier alpha value is -0.180. The second kappa shape index (κ2) is 10.5. The molecule has 0 aromatic heterocycles. The van der Waals surface area contributed by atoms with E-state index in [9.17, 15) is 8.42 Å². The van der Waals surface area contributed by atoms with Crippen molar-refractivity contribution in [3.8, 4) is 0 Å². The van der Waals surface area contributed by atoms with E-state index in [0.717, 1.165) is 12.8 Å². The molecule has 20 heavy (non-hydrogen) atoms. The molecule has 0 N–H and O–H groups in total. The number of benzene rings is 1. The van der Waals surface area contributed by atoms with Crippen LogP contribution >= 0.6 is 22.6 Å². The van der Waals surface area contributed by atoms with Gasteiger partial charge < -0.3 is 4.74 Å². The van der Waals surface area contributed by atoms with E-state index in [1.54, 1.807) is 18.2 Å². The summed E-state index contributed by atoms with van der Waals surface area (Å²) in [5.41, 5.74) is 0. The van der Waals surface area contributed by atoms with Crippen molar-refractivity contribution in [2.24, 2.45) is 0 Å². The lowest BCUT2D eigenvalue weighted by molar-refractivity contribution is 0.0990. The van der Waals surface area contributed by atoms with Crippen molar-refractivity contribution in [1.29, 1.82) is 0 Å². The van der Waals surface area contributed by atoms with Crippen LogP contribution in [0.5, 0.6) is 0 Å². The highest BCUT2D eigenvalue weighted by Crippen LogP contribution is 2.10. The number of rotatable bonds is 11. The van der Waals surface area contributed by atoms with Crippen LogP contribution in [0.3, 0.4) is 0 Å². The molecule has 4 nitrogen and oxygen atoms in total. The van der Waals surface area contributed by atoms with Crippen LogP contribution in [0.2, 0.25) is 0 Å². The molecule has 0 heterocycles. The highest BCUT2D eigenvalue weighted by Gasteiger charge is 2.13. The normalized spacial score (nSPS) is 11.7. The molecule has 114 valence electrons. The number of hydrogen-bond donors (Lipinski definition) is 0. The average molecular weight is 412 g/mol. The van der Waals surface area contributed by atoms with Gasteiger partial charge >= 0.3 is 0 Å². The first kappa shape index (κ1) is 17.9. The second-order valence-electron chi connectivity index (χ2n) is 4.30. The van der Waals surface area contributed by atoms with E-state index in [1.165, 1.54) is 29.4 Å². The first-order valence-corrected chi connectivity index (χ1v) is 9.68. The van der Waals surface area contributed by atoms with Gasteiger partial charge in [0.2, 0.25) is 0 Å². The third kappa shape index (κ3) is 7.56. The van der Waals surface area contributed by atoms with Crippen molar-refractivity contribution >= 4 is 32.7 Å². The van der Waals surface area contributed by atoms with E-state index in [4.69, 9.17) is 8.92 Å². The van der Waals surface area contributed by atoms with Crippen molar-refractivity contribution in [3.63, 3.8) is 0 Å². The van der Waals surface area contributed by atoms with Gasteiger partial charge in [0.1, 0.15) is 0 Å². The molecule has 0 bridgehead atoms. The maximum atomic E-state index is 11.8. The first-order valence-electron chi connectivity index (χ1n) is 6.75. The molecule has 6 heteroatoms. The maximum Gasteiger partial charge on any atom is 0.297 e. The lowest BCUT2D eigenvalue weighted by atomic mass is 10.2. The number of alkyl halides is 1. The van der Waals surface area contributed by atoms with E-state index in [1.807, 2.05) is 0 Å². The molecule has 0 amide bonds. The van der Waals surface area contributed by atoms with Crippen LogP contribution in [0.25, 0.3) is 0 Å². The zero-order valence-corrected chi connectivity index (χ0v) is 14.4. The van der Waals surface area contributed by atoms with Gasteiger partial charge in [0.25, 0.3) is 10.1 Å². The molecule has 0 aliphatic rings. The van der Waals surface area contributed by atoms with Crippen LogP contribution in [0.15, 0.2) is 35.2 Å². The Morgan fingerprint density at radius 1 is 0.900 bits per heavy atom. The minimum atomic E-state index is -3.65. The Labute approximate surface area is 135 Å². The fourth-order valence-corrected chi connectivity index (χ4v) is 3.07. The lowest BCUT2D eigenvalue weighted by Gasteiger charge is -2.06. The van der Waals surface area contributed by atoms with Crippen LogP contribution in [-0.4, -0.2) is 32.7 Å². The standard InChI is InChI=1S/C14H21IO4S/c15-10-6-1-2-7-11-18-12-13-19-20(16,17)14-8-4-3-5-9-14/h3-5,8-9H,1-2,6-7,10-13H2. The van der Waals surface area contributed by atoms with E-state index in [-0.39, 0.29) is 11.5 Å². The van der Waals surface area contributed by atoms with Gasteiger partial charge in [0.15, 0.2) is 0 Å². The van der Waals surface area contributed by atoms with Crippen molar-refractivity contribution < 1.29 is 17.3 Å². The van der Waals surface area contributed by atoms with E-state index < -0.39 is 10.1 Å². The first-order chi connectivity index (χ1) is 9.67. The van der Waals surface area contributed by atoms with Gasteiger partial charge in [-0.05, 0) is 29.4 Å². The van der Waals surface area contributed by atoms with E-state index in [0.29, 0.717) is 13.2 Å². The summed E-state index contributed by atoms with van der Waals surface area (Å²) in [4.78, 5) is 0.179. The topological polar surface area (TPSA) is 52.6 Å². The summed E-state index contributed by atoms with van der Waals surface area (Å²) in [6.07, 6.45) is 4.65. The molecule has 1 aromatic carbocycles. The number of halogens is 1. The third-order valence-electron chi connectivity index (χ3n) is 2.67. The zero-order valence-electron chi connectivity index (χ0n) is 11.5. The SMILES string of the molecule is O=S(=O)(OCCOCCCCCCI)c1ccccc1. The third-order valence-corrected chi connectivity index (χ3v) is 4.76. The Balaban J connectivity index is 2.09. The Bertz CT molecular complexity index is 448. The Kier molecular flexibility index (Phi) is 9.41. The molecule has 0 fully saturated rings. The molecule has 0 radical (unpaired) electrons. The molecule has 1 aromatic rings. The molecule has 0 aliphatic heterocycles.